The molecular formula is C8H12N2S. The molecule has 1 heterocycles. The lowest BCUT2D eigenvalue weighted by Gasteiger charge is -1.97. The molecule has 0 amide bonds. The Labute approximate surface area is 70.6 Å². The van der Waals surface area contributed by atoms with Gasteiger partial charge in [0.05, 0.1) is 4.88 Å². The van der Waals surface area contributed by atoms with Gasteiger partial charge in [0.2, 0.25) is 0 Å². The number of hydrogen-bond donors (Lipinski definition) is 2. The van der Waals surface area contributed by atoms with E-state index in [2.05, 4.69) is 13.8 Å². The van der Waals surface area contributed by atoms with Gasteiger partial charge in [-0.25, -0.2) is 0 Å². The van der Waals surface area contributed by atoms with Gasteiger partial charge < -0.3 is 5.73 Å². The average Bonchev–Trinajstić information content (AvgIpc) is 2.33. The molecule has 1 aromatic heterocycles. The molecule has 1 rings (SSSR count). The molecule has 0 aliphatic rings. The van der Waals surface area contributed by atoms with Crippen LogP contribution in [0.2, 0.25) is 0 Å². The van der Waals surface area contributed by atoms with Crippen LogP contribution in [0.5, 0.6) is 0 Å². The van der Waals surface area contributed by atoms with E-state index in [4.69, 9.17) is 11.1 Å². The Morgan fingerprint density at radius 2 is 2.18 bits per heavy atom. The van der Waals surface area contributed by atoms with E-state index in [1.54, 1.807) is 11.3 Å². The van der Waals surface area contributed by atoms with E-state index in [1.165, 1.54) is 4.88 Å². The summed E-state index contributed by atoms with van der Waals surface area (Å²) < 4.78 is 0. The van der Waals surface area contributed by atoms with Gasteiger partial charge in [-0.1, -0.05) is 13.8 Å². The number of hydrogen-bond acceptors (Lipinski definition) is 2. The summed E-state index contributed by atoms with van der Waals surface area (Å²) in [4.78, 5) is 2.16. The van der Waals surface area contributed by atoms with Crippen LogP contribution in [0.25, 0.3) is 0 Å². The van der Waals surface area contributed by atoms with Gasteiger partial charge in [0.1, 0.15) is 5.84 Å². The molecule has 11 heavy (non-hydrogen) atoms. The molecule has 0 spiro atoms. The second kappa shape index (κ2) is 3.05. The SMILES string of the molecule is CC(C)c1ccc(C(=N)N)s1. The minimum Gasteiger partial charge on any atom is -0.383 e. The molecule has 0 unspecified atom stereocenters. The van der Waals surface area contributed by atoms with Gasteiger partial charge in [0.25, 0.3) is 0 Å². The largest absolute Gasteiger partial charge is 0.383 e. The van der Waals surface area contributed by atoms with E-state index < -0.39 is 0 Å². The lowest BCUT2D eigenvalue weighted by Crippen LogP contribution is -2.08. The third-order valence-electron chi connectivity index (χ3n) is 1.46. The molecule has 0 fully saturated rings. The zero-order valence-electron chi connectivity index (χ0n) is 6.72. The number of thiophene rings is 1. The summed E-state index contributed by atoms with van der Waals surface area (Å²) in [5, 5.41) is 7.18. The highest BCUT2D eigenvalue weighted by molar-refractivity contribution is 7.14. The summed E-state index contributed by atoms with van der Waals surface area (Å²) in [7, 11) is 0. The van der Waals surface area contributed by atoms with Crippen LogP contribution in [0, 0.1) is 5.41 Å². The molecule has 0 saturated heterocycles. The summed E-state index contributed by atoms with van der Waals surface area (Å²) in [5.41, 5.74) is 5.32. The van der Waals surface area contributed by atoms with Gasteiger partial charge in [0, 0.05) is 4.88 Å². The first-order chi connectivity index (χ1) is 5.11. The van der Waals surface area contributed by atoms with Crippen molar-refractivity contribution in [3.8, 4) is 0 Å². The molecule has 0 atom stereocenters. The highest BCUT2D eigenvalue weighted by atomic mass is 32.1. The van der Waals surface area contributed by atoms with Crippen LogP contribution in [-0.4, -0.2) is 5.84 Å². The number of nitrogens with two attached hydrogens (primary N) is 1. The van der Waals surface area contributed by atoms with E-state index >= 15 is 0 Å². The fraction of sp³-hybridized carbons (Fsp3) is 0.375. The van der Waals surface area contributed by atoms with Crippen LogP contribution in [0.15, 0.2) is 12.1 Å². The number of nitrogens with one attached hydrogen (secondary N) is 1. The Balaban J connectivity index is 2.90. The highest BCUT2D eigenvalue weighted by Gasteiger charge is 2.04. The summed E-state index contributed by atoms with van der Waals surface area (Å²) in [6.45, 7) is 4.27. The summed E-state index contributed by atoms with van der Waals surface area (Å²) in [5.74, 6) is 0.704. The summed E-state index contributed by atoms with van der Waals surface area (Å²) >= 11 is 1.60. The molecule has 0 aromatic carbocycles. The monoisotopic (exact) mass is 168 g/mol. The van der Waals surface area contributed by atoms with Crippen molar-refractivity contribution < 1.29 is 0 Å². The molecule has 0 aliphatic heterocycles. The first-order valence-electron chi connectivity index (χ1n) is 3.55. The minimum atomic E-state index is 0.168. The molecule has 3 N–H and O–H groups in total. The summed E-state index contributed by atoms with van der Waals surface area (Å²) in [6.07, 6.45) is 0. The number of amidine groups is 1. The normalized spacial score (nSPS) is 10.5. The van der Waals surface area contributed by atoms with Crippen LogP contribution in [0.4, 0.5) is 0 Å². The van der Waals surface area contributed by atoms with Crippen LogP contribution in [0.3, 0.4) is 0 Å². The maximum Gasteiger partial charge on any atom is 0.133 e. The quantitative estimate of drug-likeness (QED) is 0.516. The first kappa shape index (κ1) is 8.27. The lowest BCUT2D eigenvalue weighted by molar-refractivity contribution is 0.890. The van der Waals surface area contributed by atoms with Crippen molar-refractivity contribution in [2.45, 2.75) is 19.8 Å². The molecule has 0 bridgehead atoms. The van der Waals surface area contributed by atoms with Gasteiger partial charge in [-0.3, -0.25) is 5.41 Å². The van der Waals surface area contributed by atoms with Gasteiger partial charge >= 0.3 is 0 Å². The Kier molecular flexibility index (Phi) is 2.29. The molecule has 0 saturated carbocycles. The summed E-state index contributed by atoms with van der Waals surface area (Å²) in [6, 6.07) is 3.94. The number of nitrogen functional groups attached to an aromatic ring is 1. The van der Waals surface area contributed by atoms with Crippen LogP contribution < -0.4 is 5.73 Å². The van der Waals surface area contributed by atoms with E-state index in [0.717, 1.165) is 4.88 Å². The fourth-order valence-corrected chi connectivity index (χ4v) is 1.68. The highest BCUT2D eigenvalue weighted by Crippen LogP contribution is 2.23. The maximum atomic E-state index is 7.18. The Hall–Kier alpha value is -0.830. The van der Waals surface area contributed by atoms with Crippen molar-refractivity contribution >= 4 is 17.2 Å². The Morgan fingerprint density at radius 1 is 1.55 bits per heavy atom. The van der Waals surface area contributed by atoms with Crippen LogP contribution in [-0.2, 0) is 0 Å². The molecule has 1 aromatic rings. The minimum absolute atomic E-state index is 0.168. The van der Waals surface area contributed by atoms with Crippen molar-refractivity contribution in [2.24, 2.45) is 5.73 Å². The zero-order chi connectivity index (χ0) is 8.43. The molecule has 60 valence electrons. The van der Waals surface area contributed by atoms with E-state index in [-0.39, 0.29) is 5.84 Å². The smallest absolute Gasteiger partial charge is 0.133 e. The zero-order valence-corrected chi connectivity index (χ0v) is 7.53. The second-order valence-electron chi connectivity index (χ2n) is 2.77. The molecule has 0 radical (unpaired) electrons. The van der Waals surface area contributed by atoms with Gasteiger partial charge in [0.15, 0.2) is 0 Å². The van der Waals surface area contributed by atoms with Gasteiger partial charge in [-0.15, -0.1) is 11.3 Å². The third kappa shape index (κ3) is 1.80. The fourth-order valence-electron chi connectivity index (χ4n) is 0.808. The predicted molar refractivity (Wildman–Crippen MR) is 49.4 cm³/mol. The van der Waals surface area contributed by atoms with E-state index in [0.29, 0.717) is 5.92 Å². The van der Waals surface area contributed by atoms with Crippen LogP contribution in [0.1, 0.15) is 29.5 Å². The Bertz CT molecular complexity index is 263. The molecule has 3 heteroatoms. The molecular weight excluding hydrogens is 156 g/mol. The van der Waals surface area contributed by atoms with Crippen LogP contribution >= 0.6 is 11.3 Å². The topological polar surface area (TPSA) is 49.9 Å². The average molecular weight is 168 g/mol. The van der Waals surface area contributed by atoms with Gasteiger partial charge in [-0.2, -0.15) is 0 Å². The van der Waals surface area contributed by atoms with E-state index in [9.17, 15) is 0 Å². The number of rotatable bonds is 2. The van der Waals surface area contributed by atoms with Crippen molar-refractivity contribution in [3.63, 3.8) is 0 Å². The predicted octanol–water partition coefficient (Wildman–Crippen LogP) is 2.16. The molecule has 2 nitrogen and oxygen atoms in total. The third-order valence-corrected chi connectivity index (χ3v) is 2.88. The second-order valence-corrected chi connectivity index (χ2v) is 3.89. The van der Waals surface area contributed by atoms with E-state index in [1.807, 2.05) is 12.1 Å². The molecule has 0 aliphatic carbocycles. The van der Waals surface area contributed by atoms with Gasteiger partial charge in [-0.05, 0) is 18.1 Å². The lowest BCUT2D eigenvalue weighted by atomic mass is 10.2. The van der Waals surface area contributed by atoms with Crippen molar-refractivity contribution in [3.05, 3.63) is 21.9 Å². The van der Waals surface area contributed by atoms with Crippen molar-refractivity contribution in [2.75, 3.05) is 0 Å². The Morgan fingerprint density at radius 3 is 2.45 bits per heavy atom. The first-order valence-corrected chi connectivity index (χ1v) is 4.37. The maximum absolute atomic E-state index is 7.18. The van der Waals surface area contributed by atoms with Crippen molar-refractivity contribution in [1.29, 1.82) is 5.41 Å². The van der Waals surface area contributed by atoms with Crippen molar-refractivity contribution in [1.82, 2.24) is 0 Å². The standard InChI is InChI=1S/C8H12N2S/c1-5(2)6-3-4-7(11-6)8(9)10/h3-5H,1-2H3,(H3,9,10).